The van der Waals surface area contributed by atoms with E-state index in [4.69, 9.17) is 5.73 Å². The highest BCUT2D eigenvalue weighted by Gasteiger charge is 2.38. The van der Waals surface area contributed by atoms with Crippen LogP contribution in [0.5, 0.6) is 0 Å². The van der Waals surface area contributed by atoms with Gasteiger partial charge >= 0.3 is 0 Å². The smallest absolute Gasteiger partial charge is 0.221 e. The molecule has 0 unspecified atom stereocenters. The average Bonchev–Trinajstić information content (AvgIpc) is 2.88. The second-order valence-electron chi connectivity index (χ2n) is 6.64. The summed E-state index contributed by atoms with van der Waals surface area (Å²) in [6, 6.07) is 0. The minimum absolute atomic E-state index is 0.0115. The van der Waals surface area contributed by atoms with Crippen LogP contribution in [0.15, 0.2) is 0 Å². The lowest BCUT2D eigenvalue weighted by molar-refractivity contribution is -0.126. The van der Waals surface area contributed by atoms with Gasteiger partial charge < -0.3 is 16.2 Å². The Balaban J connectivity index is 1.92. The summed E-state index contributed by atoms with van der Waals surface area (Å²) in [6.07, 6.45) is 10.3. The Bertz CT molecular complexity index is 305. The molecule has 0 aliphatic heterocycles. The maximum atomic E-state index is 12.3. The van der Waals surface area contributed by atoms with E-state index in [-0.39, 0.29) is 23.5 Å². The summed E-state index contributed by atoms with van der Waals surface area (Å²) in [5, 5.41) is 12.7. The third-order valence-corrected chi connectivity index (χ3v) is 5.15. The number of nitrogens with one attached hydrogen (secondary N) is 1. The van der Waals surface area contributed by atoms with Gasteiger partial charge in [0.1, 0.15) is 0 Å². The van der Waals surface area contributed by atoms with Crippen LogP contribution in [0.25, 0.3) is 0 Å². The molecule has 2 fully saturated rings. The first kappa shape index (κ1) is 14.8. The average molecular weight is 268 g/mol. The molecule has 4 nitrogen and oxygen atoms in total. The molecule has 2 rings (SSSR count). The molecule has 4 heteroatoms. The van der Waals surface area contributed by atoms with E-state index in [1.165, 1.54) is 19.3 Å². The Labute approximate surface area is 116 Å². The van der Waals surface area contributed by atoms with Crippen LogP contribution in [-0.2, 0) is 4.79 Å². The fourth-order valence-corrected chi connectivity index (χ4v) is 3.81. The molecule has 0 aromatic rings. The SMILES string of the molecule is NCC1(CC(=O)NC2(CO)CCCC2)CCCCC1. The molecule has 0 heterocycles. The first-order valence-electron chi connectivity index (χ1n) is 7.76. The van der Waals surface area contributed by atoms with Gasteiger partial charge in [0.15, 0.2) is 0 Å². The summed E-state index contributed by atoms with van der Waals surface area (Å²) < 4.78 is 0. The number of carbonyl (C=O) groups is 1. The van der Waals surface area contributed by atoms with Gasteiger partial charge in [-0.3, -0.25) is 4.79 Å². The van der Waals surface area contributed by atoms with Gasteiger partial charge in [0, 0.05) is 6.42 Å². The number of rotatable bonds is 5. The van der Waals surface area contributed by atoms with Gasteiger partial charge in [0.2, 0.25) is 5.91 Å². The Morgan fingerprint density at radius 2 is 1.63 bits per heavy atom. The Kier molecular flexibility index (Phi) is 4.85. The van der Waals surface area contributed by atoms with E-state index in [1.54, 1.807) is 0 Å². The summed E-state index contributed by atoms with van der Waals surface area (Å²) in [5.74, 6) is 0.0864. The van der Waals surface area contributed by atoms with E-state index < -0.39 is 0 Å². The summed E-state index contributed by atoms with van der Waals surface area (Å²) in [6.45, 7) is 0.668. The van der Waals surface area contributed by atoms with Gasteiger partial charge in [-0.15, -0.1) is 0 Å². The maximum absolute atomic E-state index is 12.3. The van der Waals surface area contributed by atoms with Gasteiger partial charge in [-0.2, -0.15) is 0 Å². The van der Waals surface area contributed by atoms with E-state index in [1.807, 2.05) is 0 Å². The van der Waals surface area contributed by atoms with Crippen molar-refractivity contribution in [3.05, 3.63) is 0 Å². The monoisotopic (exact) mass is 268 g/mol. The van der Waals surface area contributed by atoms with Crippen molar-refractivity contribution in [1.29, 1.82) is 0 Å². The van der Waals surface area contributed by atoms with Crippen molar-refractivity contribution in [3.8, 4) is 0 Å². The number of carbonyl (C=O) groups excluding carboxylic acids is 1. The summed E-state index contributed by atoms with van der Waals surface area (Å²) in [7, 11) is 0. The number of aliphatic hydroxyl groups excluding tert-OH is 1. The van der Waals surface area contributed by atoms with Gasteiger partial charge in [-0.25, -0.2) is 0 Å². The predicted octanol–water partition coefficient (Wildman–Crippen LogP) is 1.71. The molecule has 0 radical (unpaired) electrons. The Hall–Kier alpha value is -0.610. The van der Waals surface area contributed by atoms with Crippen LogP contribution in [-0.4, -0.2) is 29.7 Å². The normalized spacial score (nSPS) is 25.2. The second kappa shape index (κ2) is 6.23. The molecule has 110 valence electrons. The van der Waals surface area contributed by atoms with Crippen molar-refractivity contribution < 1.29 is 9.90 Å². The first-order valence-corrected chi connectivity index (χ1v) is 7.76. The van der Waals surface area contributed by atoms with Crippen LogP contribution >= 0.6 is 0 Å². The zero-order valence-electron chi connectivity index (χ0n) is 11.9. The molecule has 2 aliphatic carbocycles. The van der Waals surface area contributed by atoms with Crippen molar-refractivity contribution in [2.75, 3.05) is 13.2 Å². The minimum atomic E-state index is -0.346. The van der Waals surface area contributed by atoms with Crippen LogP contribution in [0.3, 0.4) is 0 Å². The molecule has 2 saturated carbocycles. The summed E-state index contributed by atoms with van der Waals surface area (Å²) in [4.78, 5) is 12.3. The highest BCUT2D eigenvalue weighted by Crippen LogP contribution is 2.39. The third-order valence-electron chi connectivity index (χ3n) is 5.15. The molecule has 19 heavy (non-hydrogen) atoms. The molecule has 0 atom stereocenters. The molecule has 0 bridgehead atoms. The molecule has 1 amide bonds. The van der Waals surface area contributed by atoms with E-state index in [2.05, 4.69) is 5.32 Å². The molecular weight excluding hydrogens is 240 g/mol. The van der Waals surface area contributed by atoms with E-state index in [0.29, 0.717) is 13.0 Å². The number of hydrogen-bond acceptors (Lipinski definition) is 3. The van der Waals surface area contributed by atoms with Crippen LogP contribution in [0, 0.1) is 5.41 Å². The summed E-state index contributed by atoms with van der Waals surface area (Å²) in [5.41, 5.74) is 5.60. The van der Waals surface area contributed by atoms with E-state index in [0.717, 1.165) is 38.5 Å². The molecule has 0 aromatic heterocycles. The quantitative estimate of drug-likeness (QED) is 0.710. The standard InChI is InChI=1S/C15H28N2O2/c16-11-14(6-2-1-3-7-14)10-13(19)17-15(12-18)8-4-5-9-15/h18H,1-12,16H2,(H,17,19). The maximum Gasteiger partial charge on any atom is 0.221 e. The lowest BCUT2D eigenvalue weighted by Crippen LogP contribution is -2.51. The van der Waals surface area contributed by atoms with Gasteiger partial charge in [0.25, 0.3) is 0 Å². The van der Waals surface area contributed by atoms with E-state index >= 15 is 0 Å². The number of aliphatic hydroxyl groups is 1. The lowest BCUT2D eigenvalue weighted by Gasteiger charge is -2.37. The Morgan fingerprint density at radius 3 is 2.16 bits per heavy atom. The highest BCUT2D eigenvalue weighted by atomic mass is 16.3. The van der Waals surface area contributed by atoms with Gasteiger partial charge in [-0.1, -0.05) is 32.1 Å². The fraction of sp³-hybridized carbons (Fsp3) is 0.933. The summed E-state index contributed by atoms with van der Waals surface area (Å²) >= 11 is 0. The molecule has 0 aromatic carbocycles. The van der Waals surface area contributed by atoms with Crippen LogP contribution in [0.1, 0.15) is 64.2 Å². The van der Waals surface area contributed by atoms with Crippen molar-refractivity contribution in [1.82, 2.24) is 5.32 Å². The zero-order valence-corrected chi connectivity index (χ0v) is 11.9. The number of amides is 1. The van der Waals surface area contributed by atoms with Crippen molar-refractivity contribution in [3.63, 3.8) is 0 Å². The number of hydrogen-bond donors (Lipinski definition) is 3. The Morgan fingerprint density at radius 1 is 1.05 bits per heavy atom. The molecule has 2 aliphatic rings. The fourth-order valence-electron chi connectivity index (χ4n) is 3.81. The first-order chi connectivity index (χ1) is 9.14. The third kappa shape index (κ3) is 3.48. The van der Waals surface area contributed by atoms with Crippen LogP contribution in [0.4, 0.5) is 0 Å². The second-order valence-corrected chi connectivity index (χ2v) is 6.64. The van der Waals surface area contributed by atoms with Gasteiger partial charge in [-0.05, 0) is 37.6 Å². The molecule has 0 saturated heterocycles. The molecule has 4 N–H and O–H groups in total. The van der Waals surface area contributed by atoms with Crippen LogP contribution < -0.4 is 11.1 Å². The topological polar surface area (TPSA) is 75.4 Å². The van der Waals surface area contributed by atoms with Crippen LogP contribution in [0.2, 0.25) is 0 Å². The van der Waals surface area contributed by atoms with Gasteiger partial charge in [0.05, 0.1) is 12.1 Å². The number of nitrogens with two attached hydrogens (primary N) is 1. The molecule has 0 spiro atoms. The van der Waals surface area contributed by atoms with E-state index in [9.17, 15) is 9.90 Å². The van der Waals surface area contributed by atoms with Crippen molar-refractivity contribution >= 4 is 5.91 Å². The molecular formula is C15H28N2O2. The zero-order chi connectivity index (χ0) is 13.8. The predicted molar refractivity (Wildman–Crippen MR) is 75.6 cm³/mol. The largest absolute Gasteiger partial charge is 0.394 e. The van der Waals surface area contributed by atoms with Crippen molar-refractivity contribution in [2.45, 2.75) is 69.7 Å². The van der Waals surface area contributed by atoms with Crippen molar-refractivity contribution in [2.24, 2.45) is 11.1 Å². The highest BCUT2D eigenvalue weighted by molar-refractivity contribution is 5.77. The minimum Gasteiger partial charge on any atom is -0.394 e. The lowest BCUT2D eigenvalue weighted by atomic mass is 9.71.